The summed E-state index contributed by atoms with van der Waals surface area (Å²) in [5.74, 6) is 0.241. The largest absolute Gasteiger partial charge is 0.508 e. The van der Waals surface area contributed by atoms with Gasteiger partial charge >= 0.3 is 0 Å². The minimum atomic E-state index is -0.609. The van der Waals surface area contributed by atoms with Gasteiger partial charge in [0.25, 0.3) is 0 Å². The second kappa shape index (κ2) is 12.7. The maximum absolute atomic E-state index is 10.2. The first-order chi connectivity index (χ1) is 20.5. The predicted octanol–water partition coefficient (Wildman–Crippen LogP) is 11.4. The molecule has 206 valence electrons. The Morgan fingerprint density at radius 2 is 0.690 bits per heavy atom. The van der Waals surface area contributed by atoms with Gasteiger partial charge in [-0.3, -0.25) is 0 Å². The summed E-state index contributed by atoms with van der Waals surface area (Å²) in [7, 11) is 0. The van der Waals surface area contributed by atoms with Crippen LogP contribution in [0.15, 0.2) is 171 Å². The molecule has 6 aromatic carbocycles. The third-order valence-corrected chi connectivity index (χ3v) is 9.72. The molecule has 0 bridgehead atoms. The first kappa shape index (κ1) is 28.5. The number of hydrogen-bond donors (Lipinski definition) is 1. The molecular formula is C37H26Cl2OS2. The van der Waals surface area contributed by atoms with Crippen LogP contribution in [0.3, 0.4) is 0 Å². The summed E-state index contributed by atoms with van der Waals surface area (Å²) in [5, 5.41) is 11.7. The molecule has 0 spiro atoms. The average Bonchev–Trinajstić information content (AvgIpc) is 3.03. The summed E-state index contributed by atoms with van der Waals surface area (Å²) in [6.07, 6.45) is 0. The van der Waals surface area contributed by atoms with Crippen LogP contribution in [-0.2, 0) is 5.41 Å². The van der Waals surface area contributed by atoms with Gasteiger partial charge in [-0.1, -0.05) is 113 Å². The topological polar surface area (TPSA) is 20.2 Å². The molecule has 6 rings (SSSR count). The molecule has 42 heavy (non-hydrogen) atoms. The number of rotatable bonds is 8. The smallest absolute Gasteiger partial charge is 0.115 e. The van der Waals surface area contributed by atoms with Gasteiger partial charge in [-0.25, -0.2) is 0 Å². The molecule has 0 aliphatic rings. The molecule has 0 unspecified atom stereocenters. The lowest BCUT2D eigenvalue weighted by molar-refractivity contribution is 0.475. The van der Waals surface area contributed by atoms with Gasteiger partial charge in [0.05, 0.1) is 5.41 Å². The van der Waals surface area contributed by atoms with E-state index in [1.165, 1.54) is 0 Å². The van der Waals surface area contributed by atoms with Gasteiger partial charge in [-0.05, 0) is 107 Å². The molecular weight excluding hydrogens is 595 g/mol. The standard InChI is InChI=1S/C37H26Cl2OS2/c38-30-12-22-35(23-13-30)41-33-18-8-28(9-19-33)37(26-4-2-1-3-5-26,27-6-16-32(40)17-7-27)29-10-20-34(21-11-29)42-36-24-14-31(39)15-25-36/h1-25,40H. The Labute approximate surface area is 265 Å². The van der Waals surface area contributed by atoms with Crippen LogP contribution >= 0.6 is 46.7 Å². The van der Waals surface area contributed by atoms with Crippen LogP contribution < -0.4 is 0 Å². The lowest BCUT2D eigenvalue weighted by atomic mass is 9.65. The summed E-state index contributed by atoms with van der Waals surface area (Å²) in [4.78, 5) is 4.55. The van der Waals surface area contributed by atoms with Gasteiger partial charge in [-0.2, -0.15) is 0 Å². The van der Waals surface area contributed by atoms with Crippen LogP contribution in [0, 0.1) is 0 Å². The van der Waals surface area contributed by atoms with Gasteiger partial charge in [0, 0.05) is 29.6 Å². The molecule has 5 heteroatoms. The maximum Gasteiger partial charge on any atom is 0.115 e. The monoisotopic (exact) mass is 620 g/mol. The molecule has 1 nitrogen and oxygen atoms in total. The van der Waals surface area contributed by atoms with Crippen molar-refractivity contribution >= 4 is 46.7 Å². The SMILES string of the molecule is Oc1ccc(C(c2ccccc2)(c2ccc(Sc3ccc(Cl)cc3)cc2)c2ccc(Sc3ccc(Cl)cc3)cc2)cc1. The summed E-state index contributed by atoms with van der Waals surface area (Å²) in [5.41, 5.74) is 3.88. The highest BCUT2D eigenvalue weighted by molar-refractivity contribution is 7.99. The fraction of sp³-hybridized carbons (Fsp3) is 0.0270. The number of halogens is 2. The van der Waals surface area contributed by atoms with E-state index >= 15 is 0 Å². The van der Waals surface area contributed by atoms with E-state index in [4.69, 9.17) is 23.2 Å². The summed E-state index contributed by atoms with van der Waals surface area (Å²) >= 11 is 15.6. The van der Waals surface area contributed by atoms with Crippen molar-refractivity contribution in [3.8, 4) is 5.75 Å². The van der Waals surface area contributed by atoms with Crippen molar-refractivity contribution in [1.82, 2.24) is 0 Å². The van der Waals surface area contributed by atoms with E-state index in [1.807, 2.05) is 66.7 Å². The summed E-state index contributed by atoms with van der Waals surface area (Å²) < 4.78 is 0. The number of aromatic hydroxyl groups is 1. The van der Waals surface area contributed by atoms with E-state index in [-0.39, 0.29) is 5.75 Å². The summed E-state index contributed by atoms with van der Waals surface area (Å²) in [6.45, 7) is 0. The second-order valence-electron chi connectivity index (χ2n) is 9.82. The molecule has 0 fully saturated rings. The van der Waals surface area contributed by atoms with Crippen molar-refractivity contribution < 1.29 is 5.11 Å². The molecule has 0 saturated heterocycles. The molecule has 1 N–H and O–H groups in total. The molecule has 0 heterocycles. The van der Waals surface area contributed by atoms with E-state index in [1.54, 1.807) is 35.7 Å². The lowest BCUT2D eigenvalue weighted by Crippen LogP contribution is -2.31. The molecule has 0 aromatic heterocycles. The Hall–Kier alpha value is -3.60. The Morgan fingerprint density at radius 1 is 0.381 bits per heavy atom. The zero-order valence-corrected chi connectivity index (χ0v) is 25.6. The highest BCUT2D eigenvalue weighted by Gasteiger charge is 2.38. The quantitative estimate of drug-likeness (QED) is 0.171. The molecule has 0 radical (unpaired) electrons. The molecule has 0 aliphatic carbocycles. The molecule has 0 amide bonds. The fourth-order valence-electron chi connectivity index (χ4n) is 5.22. The normalized spacial score (nSPS) is 11.4. The Balaban J connectivity index is 1.46. The summed E-state index contributed by atoms with van der Waals surface area (Å²) in [6, 6.07) is 51.5. The Kier molecular flexibility index (Phi) is 8.64. The molecule has 6 aromatic rings. The van der Waals surface area contributed by atoms with Crippen molar-refractivity contribution in [3.63, 3.8) is 0 Å². The van der Waals surface area contributed by atoms with E-state index in [9.17, 15) is 5.11 Å². The van der Waals surface area contributed by atoms with Crippen LogP contribution in [0.1, 0.15) is 22.3 Å². The second-order valence-corrected chi connectivity index (χ2v) is 13.0. The minimum Gasteiger partial charge on any atom is -0.508 e. The number of hydrogen-bond acceptors (Lipinski definition) is 3. The van der Waals surface area contributed by atoms with Crippen LogP contribution in [0.25, 0.3) is 0 Å². The van der Waals surface area contributed by atoms with Crippen LogP contribution in [0.2, 0.25) is 10.0 Å². The average molecular weight is 622 g/mol. The molecule has 0 saturated carbocycles. The van der Waals surface area contributed by atoms with E-state index in [0.29, 0.717) is 0 Å². The van der Waals surface area contributed by atoms with Crippen LogP contribution in [-0.4, -0.2) is 5.11 Å². The van der Waals surface area contributed by atoms with Crippen molar-refractivity contribution in [1.29, 1.82) is 0 Å². The fourth-order valence-corrected chi connectivity index (χ4v) is 7.11. The number of benzene rings is 6. The van der Waals surface area contributed by atoms with E-state index in [0.717, 1.165) is 51.9 Å². The van der Waals surface area contributed by atoms with Gasteiger partial charge in [-0.15, -0.1) is 0 Å². The third kappa shape index (κ3) is 6.11. The highest BCUT2D eigenvalue weighted by Crippen LogP contribution is 2.46. The lowest BCUT2D eigenvalue weighted by Gasteiger charge is -2.37. The maximum atomic E-state index is 10.2. The van der Waals surface area contributed by atoms with Crippen LogP contribution in [0.5, 0.6) is 5.75 Å². The van der Waals surface area contributed by atoms with Crippen molar-refractivity contribution in [2.45, 2.75) is 25.0 Å². The first-order valence-electron chi connectivity index (χ1n) is 13.4. The van der Waals surface area contributed by atoms with Crippen molar-refractivity contribution in [2.24, 2.45) is 0 Å². The Bertz CT molecular complexity index is 1660. The number of phenolic OH excluding ortho intramolecular Hbond substituents is 1. The van der Waals surface area contributed by atoms with Crippen molar-refractivity contribution in [3.05, 3.63) is 184 Å². The highest BCUT2D eigenvalue weighted by atomic mass is 35.5. The molecule has 0 atom stereocenters. The van der Waals surface area contributed by atoms with Gasteiger partial charge in [0.2, 0.25) is 0 Å². The Morgan fingerprint density at radius 3 is 1.07 bits per heavy atom. The zero-order chi connectivity index (χ0) is 28.9. The number of phenols is 1. The first-order valence-corrected chi connectivity index (χ1v) is 15.8. The zero-order valence-electron chi connectivity index (χ0n) is 22.5. The van der Waals surface area contributed by atoms with E-state index in [2.05, 4.69) is 72.8 Å². The third-order valence-electron chi connectivity index (χ3n) is 7.18. The van der Waals surface area contributed by atoms with Crippen LogP contribution in [0.4, 0.5) is 0 Å². The van der Waals surface area contributed by atoms with Crippen molar-refractivity contribution in [2.75, 3.05) is 0 Å². The van der Waals surface area contributed by atoms with E-state index < -0.39 is 5.41 Å². The minimum absolute atomic E-state index is 0.241. The van der Waals surface area contributed by atoms with Gasteiger partial charge in [0.15, 0.2) is 0 Å². The van der Waals surface area contributed by atoms with Gasteiger partial charge in [0.1, 0.15) is 5.75 Å². The molecule has 0 aliphatic heterocycles. The predicted molar refractivity (Wildman–Crippen MR) is 178 cm³/mol. The van der Waals surface area contributed by atoms with Gasteiger partial charge < -0.3 is 5.11 Å².